The number of fused-ring (bicyclic) bond motifs is 1. The highest BCUT2D eigenvalue weighted by Gasteiger charge is 2.41. The number of nitrogens with one attached hydrogen (secondary N) is 2. The number of aliphatic carboxylic acids is 1. The first-order chi connectivity index (χ1) is 21.5. The minimum Gasteiger partial charge on any atom is -0.497 e. The Morgan fingerprint density at radius 2 is 1.82 bits per heavy atom. The zero-order valence-corrected chi connectivity index (χ0v) is 26.5. The molecule has 4 aromatic rings. The number of carboxylic acids is 1. The number of amides is 1. The van der Waals surface area contributed by atoms with Gasteiger partial charge in [0.2, 0.25) is 0 Å². The molecule has 3 heterocycles. The van der Waals surface area contributed by atoms with Crippen LogP contribution in [0.2, 0.25) is 0 Å². The van der Waals surface area contributed by atoms with Crippen LogP contribution in [0, 0.1) is 0 Å². The van der Waals surface area contributed by atoms with Gasteiger partial charge in [-0.05, 0) is 76.1 Å². The van der Waals surface area contributed by atoms with Crippen molar-refractivity contribution in [3.63, 3.8) is 0 Å². The lowest BCUT2D eigenvalue weighted by molar-refractivity contribution is -0.142. The Kier molecular flexibility index (Phi) is 9.57. The van der Waals surface area contributed by atoms with E-state index in [0.29, 0.717) is 5.82 Å². The molecule has 2 aromatic heterocycles. The number of nitrogens with zero attached hydrogens (tertiary/aromatic N) is 4. The molecule has 0 unspecified atom stereocenters. The van der Waals surface area contributed by atoms with Gasteiger partial charge in [-0.3, -0.25) is 9.58 Å². The number of methoxy groups -OCH3 is 1. The fourth-order valence-corrected chi connectivity index (χ4v) is 5.74. The molecule has 0 bridgehead atoms. The maximum atomic E-state index is 12.8. The Morgan fingerprint density at radius 3 is 2.53 bits per heavy atom. The summed E-state index contributed by atoms with van der Waals surface area (Å²) in [5.74, 6) is 0.403. The number of aryl methyl sites for hydroxylation is 2. The average Bonchev–Trinajstić information content (AvgIpc) is 3.57. The number of carbonyl (C=O) groups excluding carboxylic acids is 1. The van der Waals surface area contributed by atoms with Crippen LogP contribution in [0.25, 0.3) is 22.2 Å². The molecule has 238 valence electrons. The van der Waals surface area contributed by atoms with E-state index in [1.807, 2.05) is 54.2 Å². The van der Waals surface area contributed by atoms with E-state index in [1.54, 1.807) is 27.9 Å². The topological polar surface area (TPSA) is 131 Å². The number of carboxylic acid groups (broad SMARTS) is 1. The lowest BCUT2D eigenvalue weighted by Gasteiger charge is -2.26. The monoisotopic (exact) mass is 614 g/mol. The minimum atomic E-state index is -1.06. The molecule has 11 heteroatoms. The van der Waals surface area contributed by atoms with Gasteiger partial charge in [-0.15, -0.1) is 0 Å². The van der Waals surface area contributed by atoms with Gasteiger partial charge in [-0.2, -0.15) is 5.10 Å². The van der Waals surface area contributed by atoms with Gasteiger partial charge < -0.3 is 25.2 Å². The van der Waals surface area contributed by atoms with Gasteiger partial charge in [0, 0.05) is 49.2 Å². The number of likely N-dealkylation sites (tertiary alicyclic amines) is 1. The normalized spacial score (nSPS) is 16.6. The van der Waals surface area contributed by atoms with E-state index in [-0.39, 0.29) is 19.0 Å². The molecule has 45 heavy (non-hydrogen) atoms. The van der Waals surface area contributed by atoms with Crippen LogP contribution in [0.15, 0.2) is 60.7 Å². The SMILES string of the molecule is COc1ccc(CNCCCc2c3c(-c4cccc(N[C@H]5C[C@@H](C(=O)O)N(C(=O)OC(C)(C)C)C5)n4)cccc3nn2C)cc1. The first-order valence-corrected chi connectivity index (χ1v) is 15.3. The van der Waals surface area contributed by atoms with E-state index in [1.165, 1.54) is 10.5 Å². The van der Waals surface area contributed by atoms with Crippen LogP contribution in [0.3, 0.4) is 0 Å². The van der Waals surface area contributed by atoms with E-state index in [0.717, 1.165) is 59.5 Å². The first-order valence-electron chi connectivity index (χ1n) is 15.3. The third kappa shape index (κ3) is 7.72. The first kappa shape index (κ1) is 31.8. The Bertz CT molecular complexity index is 1650. The minimum absolute atomic E-state index is 0.201. The maximum Gasteiger partial charge on any atom is 0.411 e. The van der Waals surface area contributed by atoms with Crippen LogP contribution >= 0.6 is 0 Å². The van der Waals surface area contributed by atoms with Crippen molar-refractivity contribution in [2.24, 2.45) is 7.05 Å². The summed E-state index contributed by atoms with van der Waals surface area (Å²) in [5, 5.41) is 22.5. The standard InChI is InChI=1S/C34H42N6O5/c1-34(2,3)45-33(43)40-21-23(19-29(40)32(41)42)36-30-13-7-10-26(37-30)25-9-6-11-27-31(25)28(39(4)38-27)12-8-18-35-20-22-14-16-24(44-5)17-15-22/h6-7,9-11,13-17,23,29,35H,8,12,18-21H2,1-5H3,(H,36,37)(H,41,42)/t23-,29-/m0/s1. The van der Waals surface area contributed by atoms with Crippen LogP contribution in [0.1, 0.15) is 44.9 Å². The molecule has 5 rings (SSSR count). The third-order valence-electron chi connectivity index (χ3n) is 7.83. The van der Waals surface area contributed by atoms with Crippen molar-refractivity contribution in [2.45, 2.75) is 64.3 Å². The summed E-state index contributed by atoms with van der Waals surface area (Å²) < 4.78 is 12.7. The zero-order valence-electron chi connectivity index (χ0n) is 26.5. The smallest absolute Gasteiger partial charge is 0.411 e. The molecule has 2 aromatic carbocycles. The molecule has 11 nitrogen and oxygen atoms in total. The van der Waals surface area contributed by atoms with E-state index in [9.17, 15) is 14.7 Å². The lowest BCUT2D eigenvalue weighted by Crippen LogP contribution is -2.43. The summed E-state index contributed by atoms with van der Waals surface area (Å²) in [7, 11) is 3.64. The molecule has 1 fully saturated rings. The van der Waals surface area contributed by atoms with Crippen molar-refractivity contribution in [1.82, 2.24) is 25.0 Å². The van der Waals surface area contributed by atoms with E-state index >= 15 is 0 Å². The molecule has 2 atom stereocenters. The van der Waals surface area contributed by atoms with Crippen molar-refractivity contribution in [2.75, 3.05) is 25.5 Å². The van der Waals surface area contributed by atoms with E-state index in [2.05, 4.69) is 28.8 Å². The van der Waals surface area contributed by atoms with Gasteiger partial charge in [0.05, 0.1) is 18.3 Å². The summed E-state index contributed by atoms with van der Waals surface area (Å²) in [6.45, 7) is 7.13. The zero-order chi connectivity index (χ0) is 32.1. The van der Waals surface area contributed by atoms with Gasteiger partial charge >= 0.3 is 12.1 Å². The summed E-state index contributed by atoms with van der Waals surface area (Å²) in [6.07, 6.45) is 1.40. The largest absolute Gasteiger partial charge is 0.497 e. The van der Waals surface area contributed by atoms with Gasteiger partial charge in [0.15, 0.2) is 0 Å². The molecule has 3 N–H and O–H groups in total. The number of carbonyl (C=O) groups is 2. The number of benzene rings is 2. The molecule has 0 aliphatic carbocycles. The second-order valence-electron chi connectivity index (χ2n) is 12.4. The van der Waals surface area contributed by atoms with E-state index in [4.69, 9.17) is 19.6 Å². The van der Waals surface area contributed by atoms with Gasteiger partial charge in [-0.1, -0.05) is 30.3 Å². The second-order valence-corrected chi connectivity index (χ2v) is 12.4. The van der Waals surface area contributed by atoms with Crippen molar-refractivity contribution in [3.05, 3.63) is 71.9 Å². The molecule has 1 amide bonds. The molecule has 1 saturated heterocycles. The summed E-state index contributed by atoms with van der Waals surface area (Å²) in [6, 6.07) is 18.6. The fourth-order valence-electron chi connectivity index (χ4n) is 5.74. The molecule has 1 aliphatic heterocycles. The van der Waals surface area contributed by atoms with Gasteiger partial charge in [-0.25, -0.2) is 14.6 Å². The summed E-state index contributed by atoms with van der Waals surface area (Å²) >= 11 is 0. The van der Waals surface area contributed by atoms with Crippen LogP contribution in [0.4, 0.5) is 10.6 Å². The van der Waals surface area contributed by atoms with Crippen LogP contribution < -0.4 is 15.4 Å². The van der Waals surface area contributed by atoms with Crippen LogP contribution in [0.5, 0.6) is 5.75 Å². The third-order valence-corrected chi connectivity index (χ3v) is 7.83. The molecule has 0 spiro atoms. The maximum absolute atomic E-state index is 12.8. The van der Waals surface area contributed by atoms with Crippen molar-refractivity contribution >= 4 is 28.8 Å². The van der Waals surface area contributed by atoms with Crippen LogP contribution in [-0.2, 0) is 29.5 Å². The highest BCUT2D eigenvalue weighted by Crippen LogP contribution is 2.32. The summed E-state index contributed by atoms with van der Waals surface area (Å²) in [5.41, 5.74) is 4.30. The van der Waals surface area contributed by atoms with Crippen molar-refractivity contribution in [1.29, 1.82) is 0 Å². The summed E-state index contributed by atoms with van der Waals surface area (Å²) in [4.78, 5) is 30.9. The molecule has 0 radical (unpaired) electrons. The van der Waals surface area contributed by atoms with Gasteiger partial charge in [0.1, 0.15) is 23.2 Å². The van der Waals surface area contributed by atoms with E-state index < -0.39 is 23.7 Å². The molecular formula is C34H42N6O5. The predicted octanol–water partition coefficient (Wildman–Crippen LogP) is 5.24. The molecule has 0 saturated carbocycles. The Morgan fingerprint density at radius 1 is 1.07 bits per heavy atom. The number of pyridine rings is 1. The molecule has 1 aliphatic rings. The Hall–Kier alpha value is -4.64. The highest BCUT2D eigenvalue weighted by molar-refractivity contribution is 5.96. The van der Waals surface area contributed by atoms with Crippen molar-refractivity contribution < 1.29 is 24.2 Å². The predicted molar refractivity (Wildman–Crippen MR) is 173 cm³/mol. The fraction of sp³-hybridized carbons (Fsp3) is 0.412. The quantitative estimate of drug-likeness (QED) is 0.194. The average molecular weight is 615 g/mol. The number of hydrogen-bond acceptors (Lipinski definition) is 8. The second kappa shape index (κ2) is 13.6. The number of rotatable bonds is 11. The number of ether oxygens (including phenoxy) is 2. The number of hydrogen-bond donors (Lipinski definition) is 3. The Labute approximate surface area is 263 Å². The molecular weight excluding hydrogens is 572 g/mol. The highest BCUT2D eigenvalue weighted by atomic mass is 16.6. The lowest BCUT2D eigenvalue weighted by atomic mass is 10.0. The van der Waals surface area contributed by atoms with Crippen molar-refractivity contribution in [3.8, 4) is 17.0 Å². The number of anilines is 1. The van der Waals surface area contributed by atoms with Gasteiger partial charge in [0.25, 0.3) is 0 Å². The number of aromatic nitrogens is 3. The Balaban J connectivity index is 1.28. The van der Waals surface area contributed by atoms with Crippen LogP contribution in [-0.4, -0.2) is 74.7 Å².